The molecule has 0 amide bonds. The minimum atomic E-state index is -1.43. The maximum Gasteiger partial charge on any atom is 0.140 e. The third-order valence-corrected chi connectivity index (χ3v) is 2.38. The third kappa shape index (κ3) is 2.09. The Morgan fingerprint density at radius 2 is 1.87 bits per heavy atom. The lowest BCUT2D eigenvalue weighted by Crippen LogP contribution is -2.39. The van der Waals surface area contributed by atoms with Crippen molar-refractivity contribution in [2.24, 2.45) is 5.73 Å². The summed E-state index contributed by atoms with van der Waals surface area (Å²) in [5.74, 6) is 0.119. The lowest BCUT2D eigenvalue weighted by molar-refractivity contribution is 0.0849. The zero-order valence-corrected chi connectivity index (χ0v) is 8.22. The predicted octanol–water partition coefficient (Wildman–Crippen LogP) is 1.56. The first-order chi connectivity index (χ1) is 7.08. The number of benzene rings is 1. The Balaban J connectivity index is 2.37. The second kappa shape index (κ2) is 3.53. The van der Waals surface area contributed by atoms with Gasteiger partial charge in [-0.25, -0.2) is 0 Å². The largest absolute Gasteiger partial charge is 0.511 e. The van der Waals surface area contributed by atoms with E-state index in [9.17, 15) is 10.2 Å². The van der Waals surface area contributed by atoms with Crippen molar-refractivity contribution in [1.82, 2.24) is 0 Å². The summed E-state index contributed by atoms with van der Waals surface area (Å²) in [6.45, 7) is 0. The van der Waals surface area contributed by atoms with Crippen LogP contribution in [-0.2, 0) is 0 Å². The molecule has 2 rings (SSSR count). The van der Waals surface area contributed by atoms with Crippen molar-refractivity contribution < 1.29 is 10.2 Å². The molecule has 0 bridgehead atoms. The van der Waals surface area contributed by atoms with Crippen LogP contribution in [0.25, 0.3) is 5.57 Å². The van der Waals surface area contributed by atoms with E-state index in [1.807, 2.05) is 30.3 Å². The van der Waals surface area contributed by atoms with Crippen molar-refractivity contribution in [3.05, 3.63) is 53.8 Å². The van der Waals surface area contributed by atoms with Gasteiger partial charge in [-0.15, -0.1) is 0 Å². The molecule has 0 spiro atoms. The van der Waals surface area contributed by atoms with Gasteiger partial charge in [0.1, 0.15) is 11.5 Å². The van der Waals surface area contributed by atoms with E-state index in [1.54, 1.807) is 6.08 Å². The fourth-order valence-electron chi connectivity index (χ4n) is 1.63. The molecule has 1 atom stereocenters. The molecule has 3 heteroatoms. The molecule has 0 aliphatic heterocycles. The molecule has 0 saturated heterocycles. The van der Waals surface area contributed by atoms with Crippen molar-refractivity contribution in [2.75, 3.05) is 0 Å². The van der Waals surface area contributed by atoms with Gasteiger partial charge in [0.2, 0.25) is 0 Å². The molecular weight excluding hydrogens is 190 g/mol. The fraction of sp³-hybridized carbons (Fsp3) is 0.167. The summed E-state index contributed by atoms with van der Waals surface area (Å²) < 4.78 is 0. The Bertz CT molecular complexity index is 419. The Hall–Kier alpha value is -1.58. The van der Waals surface area contributed by atoms with E-state index in [1.165, 1.54) is 6.08 Å². The Kier molecular flexibility index (Phi) is 2.34. The highest BCUT2D eigenvalue weighted by atomic mass is 16.3. The first-order valence-electron chi connectivity index (χ1n) is 4.76. The average Bonchev–Trinajstić information content (AvgIpc) is 2.17. The van der Waals surface area contributed by atoms with Gasteiger partial charge in [-0.05, 0) is 11.6 Å². The molecule has 3 nitrogen and oxygen atoms in total. The third-order valence-electron chi connectivity index (χ3n) is 2.38. The predicted molar refractivity (Wildman–Crippen MR) is 58.9 cm³/mol. The van der Waals surface area contributed by atoms with Crippen LogP contribution >= 0.6 is 0 Å². The summed E-state index contributed by atoms with van der Waals surface area (Å²) in [5, 5.41) is 19.3. The lowest BCUT2D eigenvalue weighted by Gasteiger charge is -2.23. The van der Waals surface area contributed by atoms with Gasteiger partial charge in [-0.2, -0.15) is 0 Å². The average molecular weight is 203 g/mol. The van der Waals surface area contributed by atoms with Crippen LogP contribution in [0.5, 0.6) is 0 Å². The van der Waals surface area contributed by atoms with E-state index >= 15 is 0 Å². The summed E-state index contributed by atoms with van der Waals surface area (Å²) in [7, 11) is 0. The van der Waals surface area contributed by atoms with Crippen molar-refractivity contribution >= 4 is 5.57 Å². The molecule has 1 aliphatic carbocycles. The van der Waals surface area contributed by atoms with Gasteiger partial charge in [0.15, 0.2) is 0 Å². The summed E-state index contributed by atoms with van der Waals surface area (Å²) in [6, 6.07) is 9.50. The van der Waals surface area contributed by atoms with Crippen LogP contribution in [0.1, 0.15) is 12.0 Å². The lowest BCUT2D eigenvalue weighted by atomic mass is 9.94. The Morgan fingerprint density at radius 1 is 1.20 bits per heavy atom. The number of hydrogen-bond donors (Lipinski definition) is 3. The number of nitrogens with two attached hydrogens (primary N) is 1. The van der Waals surface area contributed by atoms with Crippen LogP contribution in [0.2, 0.25) is 0 Å². The van der Waals surface area contributed by atoms with E-state index in [2.05, 4.69) is 0 Å². The SMILES string of the molecule is NC1(O)C=CC(c2ccccc2)=C(O)C1. The molecule has 0 radical (unpaired) electrons. The van der Waals surface area contributed by atoms with Gasteiger partial charge < -0.3 is 10.2 Å². The van der Waals surface area contributed by atoms with Gasteiger partial charge in [-0.3, -0.25) is 5.73 Å². The van der Waals surface area contributed by atoms with Crippen molar-refractivity contribution in [1.29, 1.82) is 0 Å². The van der Waals surface area contributed by atoms with Crippen molar-refractivity contribution in [2.45, 2.75) is 12.1 Å². The van der Waals surface area contributed by atoms with Crippen molar-refractivity contribution in [3.63, 3.8) is 0 Å². The second-order valence-electron chi connectivity index (χ2n) is 3.73. The highest BCUT2D eigenvalue weighted by molar-refractivity contribution is 5.76. The first kappa shape index (κ1) is 9.96. The normalized spacial score (nSPS) is 25.7. The summed E-state index contributed by atoms with van der Waals surface area (Å²) in [4.78, 5) is 0. The molecular formula is C12H13NO2. The molecule has 0 fully saturated rings. The topological polar surface area (TPSA) is 66.5 Å². The van der Waals surface area contributed by atoms with Gasteiger partial charge >= 0.3 is 0 Å². The number of allylic oxidation sites excluding steroid dienone is 2. The maximum atomic E-state index is 9.75. The monoisotopic (exact) mass is 203 g/mol. The highest BCUT2D eigenvalue weighted by Gasteiger charge is 2.25. The zero-order valence-electron chi connectivity index (χ0n) is 8.22. The molecule has 0 saturated carbocycles. The molecule has 1 aliphatic rings. The standard InChI is InChI=1S/C12H13NO2/c13-12(15)7-6-10(11(14)8-12)9-4-2-1-3-5-9/h1-7,14-15H,8,13H2. The van der Waals surface area contributed by atoms with E-state index in [-0.39, 0.29) is 12.2 Å². The van der Waals surface area contributed by atoms with Crippen LogP contribution in [0.3, 0.4) is 0 Å². The molecule has 0 aromatic heterocycles. The smallest absolute Gasteiger partial charge is 0.140 e. The van der Waals surface area contributed by atoms with Gasteiger partial charge in [-0.1, -0.05) is 36.4 Å². The van der Waals surface area contributed by atoms with Crippen LogP contribution in [0.15, 0.2) is 48.2 Å². The van der Waals surface area contributed by atoms with Crippen LogP contribution < -0.4 is 5.73 Å². The fourth-order valence-corrected chi connectivity index (χ4v) is 1.63. The minimum absolute atomic E-state index is 0.0493. The zero-order chi connectivity index (χ0) is 10.9. The van der Waals surface area contributed by atoms with Crippen LogP contribution in [0, 0.1) is 0 Å². The molecule has 1 unspecified atom stereocenters. The summed E-state index contributed by atoms with van der Waals surface area (Å²) in [5.41, 5.74) is 5.69. The van der Waals surface area contributed by atoms with E-state index < -0.39 is 5.72 Å². The number of rotatable bonds is 1. The quantitative estimate of drug-likeness (QED) is 0.607. The number of aliphatic hydroxyl groups excluding tert-OH is 1. The second-order valence-corrected chi connectivity index (χ2v) is 3.73. The summed E-state index contributed by atoms with van der Waals surface area (Å²) in [6.07, 6.45) is 3.19. The summed E-state index contributed by atoms with van der Waals surface area (Å²) >= 11 is 0. The van der Waals surface area contributed by atoms with Crippen LogP contribution in [0.4, 0.5) is 0 Å². The molecule has 1 aromatic carbocycles. The number of hydrogen-bond acceptors (Lipinski definition) is 3. The van der Waals surface area contributed by atoms with Gasteiger partial charge in [0.05, 0.1) is 6.42 Å². The first-order valence-corrected chi connectivity index (χ1v) is 4.76. The van der Waals surface area contributed by atoms with E-state index in [0.717, 1.165) is 5.56 Å². The van der Waals surface area contributed by atoms with Gasteiger partial charge in [0, 0.05) is 5.57 Å². The molecule has 15 heavy (non-hydrogen) atoms. The Morgan fingerprint density at radius 3 is 2.47 bits per heavy atom. The number of aliphatic hydroxyl groups is 2. The van der Waals surface area contributed by atoms with E-state index in [4.69, 9.17) is 5.73 Å². The molecule has 78 valence electrons. The molecule has 1 aromatic rings. The Labute approximate surface area is 88.2 Å². The minimum Gasteiger partial charge on any atom is -0.511 e. The highest BCUT2D eigenvalue weighted by Crippen LogP contribution is 2.28. The van der Waals surface area contributed by atoms with Crippen LogP contribution in [-0.4, -0.2) is 15.9 Å². The molecule has 0 heterocycles. The van der Waals surface area contributed by atoms with Gasteiger partial charge in [0.25, 0.3) is 0 Å². The van der Waals surface area contributed by atoms with Crippen molar-refractivity contribution in [3.8, 4) is 0 Å². The van der Waals surface area contributed by atoms with E-state index in [0.29, 0.717) is 5.57 Å². The molecule has 4 N–H and O–H groups in total. The maximum absolute atomic E-state index is 9.75.